The van der Waals surface area contributed by atoms with Crippen molar-refractivity contribution in [3.8, 4) is 0 Å². The molecular formula is C21H25N2. The molecule has 2 aromatic rings. The molecule has 2 heteroatoms. The molecule has 0 unspecified atom stereocenters. The Labute approximate surface area is 140 Å². The first kappa shape index (κ1) is 16.0. The highest BCUT2D eigenvalue weighted by molar-refractivity contribution is 5.32. The Morgan fingerprint density at radius 2 is 1.30 bits per heavy atom. The molecule has 0 atom stereocenters. The van der Waals surface area contributed by atoms with Crippen LogP contribution < -0.4 is 0 Å². The normalized spacial score (nSPS) is 16.6. The number of piperazine rings is 1. The lowest BCUT2D eigenvalue weighted by Crippen LogP contribution is -2.48. The number of benzene rings is 2. The van der Waals surface area contributed by atoms with E-state index in [9.17, 15) is 0 Å². The minimum atomic E-state index is 0.336. The fourth-order valence-electron chi connectivity index (χ4n) is 3.38. The second-order valence-corrected chi connectivity index (χ2v) is 6.29. The molecule has 0 bridgehead atoms. The van der Waals surface area contributed by atoms with Crippen LogP contribution >= 0.6 is 0 Å². The highest BCUT2D eigenvalue weighted by Gasteiger charge is 2.26. The average molecular weight is 305 g/mol. The third-order valence-electron chi connectivity index (χ3n) is 4.45. The molecule has 23 heavy (non-hydrogen) atoms. The van der Waals surface area contributed by atoms with E-state index in [1.165, 1.54) is 11.1 Å². The lowest BCUT2D eigenvalue weighted by Gasteiger charge is -2.39. The van der Waals surface area contributed by atoms with Gasteiger partial charge in [-0.2, -0.15) is 0 Å². The van der Waals surface area contributed by atoms with Crippen molar-refractivity contribution < 1.29 is 0 Å². The molecule has 0 aliphatic carbocycles. The topological polar surface area (TPSA) is 6.48 Å². The smallest absolute Gasteiger partial charge is 0.0602 e. The van der Waals surface area contributed by atoms with Gasteiger partial charge in [-0.05, 0) is 18.1 Å². The second kappa shape index (κ2) is 7.58. The van der Waals surface area contributed by atoms with Gasteiger partial charge in [0.1, 0.15) is 0 Å². The summed E-state index contributed by atoms with van der Waals surface area (Å²) in [6, 6.07) is 22.0. The SMILES string of the molecule is [CH2]C(=C)CN1CCN(C(c2ccccc2)c2ccccc2)CC1. The summed E-state index contributed by atoms with van der Waals surface area (Å²) in [4.78, 5) is 5.03. The minimum absolute atomic E-state index is 0.336. The van der Waals surface area contributed by atoms with Crippen molar-refractivity contribution in [2.45, 2.75) is 6.04 Å². The van der Waals surface area contributed by atoms with Crippen molar-refractivity contribution in [1.29, 1.82) is 0 Å². The van der Waals surface area contributed by atoms with E-state index in [0.717, 1.165) is 38.3 Å². The van der Waals surface area contributed by atoms with Gasteiger partial charge in [-0.25, -0.2) is 0 Å². The summed E-state index contributed by atoms with van der Waals surface area (Å²) in [5, 5.41) is 0. The van der Waals surface area contributed by atoms with Gasteiger partial charge in [0.25, 0.3) is 0 Å². The first-order valence-corrected chi connectivity index (χ1v) is 8.30. The van der Waals surface area contributed by atoms with E-state index < -0.39 is 0 Å². The Bertz CT molecular complexity index is 573. The Morgan fingerprint density at radius 3 is 1.74 bits per heavy atom. The summed E-state index contributed by atoms with van der Waals surface area (Å²) >= 11 is 0. The van der Waals surface area contributed by atoms with Gasteiger partial charge in [0.2, 0.25) is 0 Å². The highest BCUT2D eigenvalue weighted by Crippen LogP contribution is 2.29. The van der Waals surface area contributed by atoms with Gasteiger partial charge >= 0.3 is 0 Å². The fraction of sp³-hybridized carbons (Fsp3) is 0.286. The maximum atomic E-state index is 3.93. The first-order chi connectivity index (χ1) is 11.2. The minimum Gasteiger partial charge on any atom is -0.297 e. The third kappa shape index (κ3) is 4.10. The molecule has 0 aromatic heterocycles. The molecule has 1 aliphatic rings. The van der Waals surface area contributed by atoms with Gasteiger partial charge in [0.05, 0.1) is 6.04 Å². The lowest BCUT2D eigenvalue weighted by atomic mass is 9.96. The second-order valence-electron chi connectivity index (χ2n) is 6.29. The monoisotopic (exact) mass is 305 g/mol. The standard InChI is InChI=1S/C21H25N2/c1-18(2)17-22-13-15-23(16-14-22)21(19-9-5-3-6-10-19)20-11-7-4-8-12-20/h3-12,21H,1-2,13-17H2. The van der Waals surface area contributed by atoms with Crippen LogP contribution in [0.15, 0.2) is 72.8 Å². The van der Waals surface area contributed by atoms with Gasteiger partial charge in [-0.15, -0.1) is 0 Å². The largest absolute Gasteiger partial charge is 0.297 e. The summed E-state index contributed by atoms with van der Waals surface area (Å²) in [5.41, 5.74) is 3.74. The highest BCUT2D eigenvalue weighted by atomic mass is 15.3. The van der Waals surface area contributed by atoms with Crippen molar-refractivity contribution in [1.82, 2.24) is 9.80 Å². The zero-order chi connectivity index (χ0) is 16.1. The zero-order valence-corrected chi connectivity index (χ0v) is 13.7. The molecule has 2 nitrogen and oxygen atoms in total. The Kier molecular flexibility index (Phi) is 5.27. The Balaban J connectivity index is 1.79. The molecule has 2 aromatic carbocycles. The van der Waals surface area contributed by atoms with E-state index in [1.807, 2.05) is 0 Å². The molecule has 1 fully saturated rings. The Hall–Kier alpha value is -1.90. The number of hydrogen-bond acceptors (Lipinski definition) is 2. The third-order valence-corrected chi connectivity index (χ3v) is 4.45. The van der Waals surface area contributed by atoms with Crippen molar-refractivity contribution >= 4 is 0 Å². The van der Waals surface area contributed by atoms with Crippen LogP contribution in [0.3, 0.4) is 0 Å². The predicted molar refractivity (Wildman–Crippen MR) is 97.2 cm³/mol. The van der Waals surface area contributed by atoms with Crippen LogP contribution in [0.1, 0.15) is 17.2 Å². The lowest BCUT2D eigenvalue weighted by molar-refractivity contribution is 0.116. The van der Waals surface area contributed by atoms with Crippen molar-refractivity contribution in [2.24, 2.45) is 0 Å². The van der Waals surface area contributed by atoms with Crippen molar-refractivity contribution in [3.05, 3.63) is 90.9 Å². The van der Waals surface area contributed by atoms with E-state index in [1.54, 1.807) is 0 Å². The van der Waals surface area contributed by atoms with E-state index in [0.29, 0.717) is 6.04 Å². The summed E-state index contributed by atoms with van der Waals surface area (Å²) in [6.45, 7) is 13.1. The molecule has 119 valence electrons. The molecule has 0 amide bonds. The summed E-state index contributed by atoms with van der Waals surface area (Å²) in [7, 11) is 0. The maximum Gasteiger partial charge on any atom is 0.0602 e. The maximum absolute atomic E-state index is 3.93. The number of nitrogens with zero attached hydrogens (tertiary/aromatic N) is 2. The van der Waals surface area contributed by atoms with Crippen LogP contribution in [-0.2, 0) is 0 Å². The molecule has 3 rings (SSSR count). The molecule has 1 saturated heterocycles. The quantitative estimate of drug-likeness (QED) is 0.829. The number of hydrogen-bond donors (Lipinski definition) is 0. The van der Waals surface area contributed by atoms with Crippen molar-refractivity contribution in [2.75, 3.05) is 32.7 Å². The predicted octanol–water partition coefficient (Wildman–Crippen LogP) is 3.78. The number of rotatable bonds is 5. The Morgan fingerprint density at radius 1 is 0.826 bits per heavy atom. The van der Waals surface area contributed by atoms with Crippen molar-refractivity contribution in [3.63, 3.8) is 0 Å². The van der Waals surface area contributed by atoms with Crippen LogP contribution in [0, 0.1) is 6.92 Å². The summed E-state index contributed by atoms with van der Waals surface area (Å²) < 4.78 is 0. The van der Waals surface area contributed by atoms with Gasteiger partial charge in [-0.1, -0.05) is 72.8 Å². The molecule has 1 aliphatic heterocycles. The summed E-state index contributed by atoms with van der Waals surface area (Å²) in [5.74, 6) is 0. The van der Waals surface area contributed by atoms with Gasteiger partial charge in [-0.3, -0.25) is 9.80 Å². The van der Waals surface area contributed by atoms with E-state index >= 15 is 0 Å². The molecule has 0 saturated carbocycles. The van der Waals surface area contributed by atoms with Crippen LogP contribution in [0.2, 0.25) is 0 Å². The molecule has 1 radical (unpaired) electrons. The first-order valence-electron chi connectivity index (χ1n) is 8.30. The van der Waals surface area contributed by atoms with E-state index in [2.05, 4.69) is 84.0 Å². The van der Waals surface area contributed by atoms with Crippen LogP contribution in [0.4, 0.5) is 0 Å². The summed E-state index contributed by atoms with van der Waals surface area (Å²) in [6.07, 6.45) is 0. The fourth-order valence-corrected chi connectivity index (χ4v) is 3.38. The molecule has 1 heterocycles. The van der Waals surface area contributed by atoms with Crippen LogP contribution in [0.5, 0.6) is 0 Å². The molecule has 0 N–H and O–H groups in total. The van der Waals surface area contributed by atoms with Gasteiger partial charge < -0.3 is 0 Å². The van der Waals surface area contributed by atoms with Crippen LogP contribution in [0.25, 0.3) is 0 Å². The molecule has 0 spiro atoms. The van der Waals surface area contributed by atoms with E-state index in [4.69, 9.17) is 0 Å². The van der Waals surface area contributed by atoms with E-state index in [-0.39, 0.29) is 0 Å². The average Bonchev–Trinajstić information content (AvgIpc) is 2.58. The van der Waals surface area contributed by atoms with Crippen LogP contribution in [-0.4, -0.2) is 42.5 Å². The zero-order valence-electron chi connectivity index (χ0n) is 13.7. The van der Waals surface area contributed by atoms with Gasteiger partial charge in [0.15, 0.2) is 0 Å². The van der Waals surface area contributed by atoms with Gasteiger partial charge in [0, 0.05) is 32.7 Å². The molecular weight excluding hydrogens is 280 g/mol.